The topological polar surface area (TPSA) is 93.8 Å². The van der Waals surface area contributed by atoms with Crippen molar-refractivity contribution in [2.45, 2.75) is 24.6 Å². The maximum Gasteiger partial charge on any atom is 0.295 e. The molecule has 2 aromatic heterocycles. The van der Waals surface area contributed by atoms with Crippen molar-refractivity contribution in [3.05, 3.63) is 46.4 Å². The Morgan fingerprint density at radius 1 is 1.25 bits per heavy atom. The third kappa shape index (κ3) is 4.45. The maximum atomic E-state index is 12.8. The Labute approximate surface area is 171 Å². The van der Waals surface area contributed by atoms with Crippen molar-refractivity contribution in [2.75, 3.05) is 22.9 Å². The predicted molar refractivity (Wildman–Crippen MR) is 114 cm³/mol. The highest BCUT2D eigenvalue weighted by Crippen LogP contribution is 2.25. The molecule has 10 heteroatoms. The summed E-state index contributed by atoms with van der Waals surface area (Å²) in [4.78, 5) is 25.1. The van der Waals surface area contributed by atoms with Gasteiger partial charge in [0.15, 0.2) is 4.34 Å². The van der Waals surface area contributed by atoms with E-state index < -0.39 is 0 Å². The molecular formula is C18H22N6O2S2. The van der Waals surface area contributed by atoms with Gasteiger partial charge in [-0.15, -0.1) is 10.2 Å². The maximum absolute atomic E-state index is 12.8. The lowest BCUT2D eigenvalue weighted by Crippen LogP contribution is -2.23. The van der Waals surface area contributed by atoms with Crippen LogP contribution in [0.2, 0.25) is 0 Å². The molecule has 0 saturated carbocycles. The quantitative estimate of drug-likeness (QED) is 0.547. The summed E-state index contributed by atoms with van der Waals surface area (Å²) in [5.74, 6) is 0.362. The number of rotatable bonds is 8. The molecule has 0 radical (unpaired) electrons. The van der Waals surface area contributed by atoms with E-state index in [2.05, 4.69) is 20.8 Å². The Bertz CT molecular complexity index is 1010. The zero-order valence-corrected chi connectivity index (χ0v) is 17.6. The van der Waals surface area contributed by atoms with E-state index >= 15 is 0 Å². The van der Waals surface area contributed by atoms with Crippen LogP contribution in [-0.4, -0.2) is 37.8 Å². The second-order valence-corrected chi connectivity index (χ2v) is 8.31. The lowest BCUT2D eigenvalue weighted by atomic mass is 10.3. The summed E-state index contributed by atoms with van der Waals surface area (Å²) < 4.78 is 4.10. The number of para-hydroxylation sites is 1. The van der Waals surface area contributed by atoms with Gasteiger partial charge >= 0.3 is 0 Å². The number of carbonyl (C=O) groups is 1. The van der Waals surface area contributed by atoms with Crippen LogP contribution in [0.3, 0.4) is 0 Å². The van der Waals surface area contributed by atoms with Gasteiger partial charge in [-0.3, -0.25) is 14.3 Å². The number of hydrogen-bond acceptors (Lipinski definition) is 7. The van der Waals surface area contributed by atoms with E-state index in [1.54, 1.807) is 16.4 Å². The van der Waals surface area contributed by atoms with Crippen LogP contribution in [0, 0.1) is 6.92 Å². The Kier molecular flexibility index (Phi) is 6.53. The summed E-state index contributed by atoms with van der Waals surface area (Å²) >= 11 is 2.94. The second kappa shape index (κ2) is 9.07. The smallest absolute Gasteiger partial charge is 0.295 e. The van der Waals surface area contributed by atoms with Gasteiger partial charge in [0, 0.05) is 25.8 Å². The largest absolute Gasteiger partial charge is 0.360 e. The molecule has 2 N–H and O–H groups in total. The summed E-state index contributed by atoms with van der Waals surface area (Å²) in [6.45, 7) is 4.60. The Morgan fingerprint density at radius 2 is 2.00 bits per heavy atom. The van der Waals surface area contributed by atoms with Crippen molar-refractivity contribution in [1.29, 1.82) is 0 Å². The number of nitrogens with one attached hydrogen (secondary N) is 2. The fraction of sp³-hybridized carbons (Fsp3) is 0.333. The number of thioether (sulfide) groups is 1. The summed E-state index contributed by atoms with van der Waals surface area (Å²) in [6, 6.07) is 9.34. The Balaban J connectivity index is 1.63. The minimum absolute atomic E-state index is 0.199. The van der Waals surface area contributed by atoms with E-state index in [9.17, 15) is 9.59 Å². The molecular weight excluding hydrogens is 396 g/mol. The van der Waals surface area contributed by atoms with E-state index in [4.69, 9.17) is 0 Å². The van der Waals surface area contributed by atoms with Gasteiger partial charge in [-0.05, 0) is 26.0 Å². The van der Waals surface area contributed by atoms with Crippen molar-refractivity contribution < 1.29 is 4.79 Å². The molecule has 0 aliphatic carbocycles. The molecule has 0 bridgehead atoms. The van der Waals surface area contributed by atoms with Crippen LogP contribution in [0.25, 0.3) is 5.69 Å². The van der Waals surface area contributed by atoms with Gasteiger partial charge in [0.1, 0.15) is 5.69 Å². The van der Waals surface area contributed by atoms with Crippen molar-refractivity contribution in [1.82, 2.24) is 19.6 Å². The van der Waals surface area contributed by atoms with Crippen LogP contribution >= 0.6 is 23.1 Å². The first-order valence-corrected chi connectivity index (χ1v) is 10.7. The molecule has 2 heterocycles. The van der Waals surface area contributed by atoms with Crippen LogP contribution in [0.5, 0.6) is 0 Å². The summed E-state index contributed by atoms with van der Waals surface area (Å²) in [6.07, 6.45) is 0.278. The van der Waals surface area contributed by atoms with Crippen molar-refractivity contribution >= 4 is 39.8 Å². The van der Waals surface area contributed by atoms with Crippen molar-refractivity contribution in [3.63, 3.8) is 0 Å². The average molecular weight is 419 g/mol. The molecule has 0 aliphatic rings. The third-order valence-corrected chi connectivity index (χ3v) is 6.12. The standard InChI is InChI=1S/C18H22N6O2S2/c1-4-19-17-21-22-18(28-17)27-11-10-14(25)20-15-12(2)23(3)24(16(15)26)13-8-6-5-7-9-13/h5-9H,4,10-11H2,1-3H3,(H,19,21)(H,20,25). The van der Waals surface area contributed by atoms with Crippen LogP contribution in [0.15, 0.2) is 39.5 Å². The fourth-order valence-electron chi connectivity index (χ4n) is 2.64. The first-order valence-electron chi connectivity index (χ1n) is 8.85. The van der Waals surface area contributed by atoms with Gasteiger partial charge in [0.2, 0.25) is 11.0 Å². The number of hydrogen-bond donors (Lipinski definition) is 2. The summed E-state index contributed by atoms with van der Waals surface area (Å²) in [5, 5.41) is 14.7. The lowest BCUT2D eigenvalue weighted by Gasteiger charge is -2.07. The molecule has 0 aliphatic heterocycles. The highest BCUT2D eigenvalue weighted by molar-refractivity contribution is 8.01. The molecule has 3 aromatic rings. The molecule has 0 spiro atoms. The number of nitrogens with zero attached hydrogens (tertiary/aromatic N) is 4. The van der Waals surface area contributed by atoms with E-state index in [0.29, 0.717) is 17.1 Å². The van der Waals surface area contributed by atoms with Crippen molar-refractivity contribution in [2.24, 2.45) is 7.05 Å². The highest BCUT2D eigenvalue weighted by Gasteiger charge is 2.18. The Morgan fingerprint density at radius 3 is 2.71 bits per heavy atom. The molecule has 1 aromatic carbocycles. The van der Waals surface area contributed by atoms with E-state index in [1.807, 2.05) is 44.2 Å². The van der Waals surface area contributed by atoms with Crippen LogP contribution in [0.1, 0.15) is 19.0 Å². The van der Waals surface area contributed by atoms with Crippen molar-refractivity contribution in [3.8, 4) is 5.69 Å². The highest BCUT2D eigenvalue weighted by atomic mass is 32.2. The van der Waals surface area contributed by atoms with Crippen LogP contribution in [-0.2, 0) is 11.8 Å². The average Bonchev–Trinajstić information content (AvgIpc) is 3.21. The molecule has 8 nitrogen and oxygen atoms in total. The number of amides is 1. The van der Waals surface area contributed by atoms with Gasteiger partial charge in [0.25, 0.3) is 5.56 Å². The van der Waals surface area contributed by atoms with E-state index in [-0.39, 0.29) is 17.9 Å². The van der Waals surface area contributed by atoms with Gasteiger partial charge in [-0.2, -0.15) is 0 Å². The SMILES string of the molecule is CCNc1nnc(SCCC(=O)Nc2c(C)n(C)n(-c3ccccc3)c2=O)s1. The molecule has 0 atom stereocenters. The predicted octanol–water partition coefficient (Wildman–Crippen LogP) is 2.89. The third-order valence-electron chi connectivity index (χ3n) is 4.11. The number of carbonyl (C=O) groups excluding carboxylic acids is 1. The molecule has 1 amide bonds. The normalized spacial score (nSPS) is 10.8. The molecule has 0 fully saturated rings. The zero-order valence-electron chi connectivity index (χ0n) is 15.9. The fourth-order valence-corrected chi connectivity index (χ4v) is 4.46. The first-order chi connectivity index (χ1) is 13.5. The molecule has 148 valence electrons. The van der Waals surface area contributed by atoms with Gasteiger partial charge in [-0.25, -0.2) is 4.68 Å². The molecule has 0 saturated heterocycles. The molecule has 28 heavy (non-hydrogen) atoms. The molecule has 0 unspecified atom stereocenters. The Hall–Kier alpha value is -2.59. The van der Waals surface area contributed by atoms with Gasteiger partial charge in [0.05, 0.1) is 11.4 Å². The first kappa shape index (κ1) is 20.2. The zero-order chi connectivity index (χ0) is 20.1. The monoisotopic (exact) mass is 418 g/mol. The number of aromatic nitrogens is 4. The molecule has 3 rings (SSSR count). The van der Waals surface area contributed by atoms with E-state index in [0.717, 1.165) is 21.7 Å². The summed E-state index contributed by atoms with van der Waals surface area (Å²) in [5.41, 5.74) is 1.52. The second-order valence-electron chi connectivity index (χ2n) is 5.99. The van der Waals surface area contributed by atoms with E-state index in [1.165, 1.54) is 23.1 Å². The van der Waals surface area contributed by atoms with Gasteiger partial charge < -0.3 is 10.6 Å². The summed E-state index contributed by atoms with van der Waals surface area (Å²) in [7, 11) is 1.80. The van der Waals surface area contributed by atoms with Crippen LogP contribution in [0.4, 0.5) is 10.8 Å². The van der Waals surface area contributed by atoms with Gasteiger partial charge in [-0.1, -0.05) is 41.3 Å². The minimum atomic E-state index is -0.244. The minimum Gasteiger partial charge on any atom is -0.360 e. The number of benzene rings is 1. The van der Waals surface area contributed by atoms with Crippen LogP contribution < -0.4 is 16.2 Å². The number of anilines is 2. The lowest BCUT2D eigenvalue weighted by molar-refractivity contribution is -0.115.